The quantitative estimate of drug-likeness (QED) is 0.460. The number of rotatable bonds is 8. The van der Waals surface area contributed by atoms with Gasteiger partial charge in [0.1, 0.15) is 5.82 Å². The van der Waals surface area contributed by atoms with E-state index >= 15 is 0 Å². The molecule has 0 aliphatic rings. The number of aromatic nitrogens is 4. The third-order valence-electron chi connectivity index (χ3n) is 4.39. The van der Waals surface area contributed by atoms with E-state index in [0.717, 1.165) is 39.9 Å². The standard InChI is InChI=1S/C20H21N5OS2/c1-27-11-8-17(19-23-15-6-2-3-7-16(15)24-19)22-18(26)12-14-13-28-20(21-14)25-9-4-5-10-25/h2-7,9-10,13,17H,8,11-12H2,1H3,(H,22,26)(H,23,24)/t17-/m1/s1. The predicted molar refractivity (Wildman–Crippen MR) is 115 cm³/mol. The number of para-hydroxylation sites is 2. The molecule has 3 heterocycles. The van der Waals surface area contributed by atoms with Gasteiger partial charge in [-0.25, -0.2) is 9.97 Å². The van der Waals surface area contributed by atoms with Crippen LogP contribution in [0.4, 0.5) is 0 Å². The van der Waals surface area contributed by atoms with Crippen molar-refractivity contribution in [2.75, 3.05) is 12.0 Å². The summed E-state index contributed by atoms with van der Waals surface area (Å²) in [5.74, 6) is 1.70. The second-order valence-electron chi connectivity index (χ2n) is 6.43. The lowest BCUT2D eigenvalue weighted by Gasteiger charge is -2.16. The van der Waals surface area contributed by atoms with Gasteiger partial charge in [-0.2, -0.15) is 11.8 Å². The molecule has 0 aliphatic carbocycles. The summed E-state index contributed by atoms with van der Waals surface area (Å²) < 4.78 is 1.95. The first-order chi connectivity index (χ1) is 13.7. The number of benzene rings is 1. The van der Waals surface area contributed by atoms with Crippen molar-refractivity contribution in [3.63, 3.8) is 0 Å². The van der Waals surface area contributed by atoms with Crippen LogP contribution in [0, 0.1) is 0 Å². The Hall–Kier alpha value is -2.58. The molecule has 0 unspecified atom stereocenters. The fourth-order valence-electron chi connectivity index (χ4n) is 3.02. The second-order valence-corrected chi connectivity index (χ2v) is 8.25. The van der Waals surface area contributed by atoms with E-state index in [-0.39, 0.29) is 18.4 Å². The van der Waals surface area contributed by atoms with E-state index in [1.165, 1.54) is 11.3 Å². The average molecular weight is 412 g/mol. The molecule has 0 radical (unpaired) electrons. The number of nitrogens with one attached hydrogen (secondary N) is 2. The Kier molecular flexibility index (Phi) is 5.78. The van der Waals surface area contributed by atoms with Crippen LogP contribution in [0.3, 0.4) is 0 Å². The lowest BCUT2D eigenvalue weighted by molar-refractivity contribution is -0.121. The monoisotopic (exact) mass is 411 g/mol. The summed E-state index contributed by atoms with van der Waals surface area (Å²) in [6.07, 6.45) is 7.03. The largest absolute Gasteiger partial charge is 0.346 e. The highest BCUT2D eigenvalue weighted by atomic mass is 32.2. The summed E-state index contributed by atoms with van der Waals surface area (Å²) in [6, 6.07) is 11.7. The average Bonchev–Trinajstić information content (AvgIpc) is 3.44. The number of thiazole rings is 1. The molecule has 0 saturated carbocycles. The van der Waals surface area contributed by atoms with Crippen molar-refractivity contribution in [2.45, 2.75) is 18.9 Å². The van der Waals surface area contributed by atoms with Gasteiger partial charge in [-0.05, 0) is 42.7 Å². The van der Waals surface area contributed by atoms with Gasteiger partial charge in [0.25, 0.3) is 0 Å². The van der Waals surface area contributed by atoms with Crippen molar-refractivity contribution in [1.82, 2.24) is 24.8 Å². The first-order valence-corrected chi connectivity index (χ1v) is 11.3. The lowest BCUT2D eigenvalue weighted by Crippen LogP contribution is -2.31. The minimum absolute atomic E-state index is 0.0454. The third-order valence-corrected chi connectivity index (χ3v) is 5.94. The van der Waals surface area contributed by atoms with Crippen LogP contribution in [0.1, 0.15) is 24.0 Å². The van der Waals surface area contributed by atoms with Crippen molar-refractivity contribution in [2.24, 2.45) is 0 Å². The first kappa shape index (κ1) is 18.8. The van der Waals surface area contributed by atoms with E-state index in [1.807, 2.05) is 58.7 Å². The van der Waals surface area contributed by atoms with Crippen LogP contribution in [0.15, 0.2) is 54.2 Å². The van der Waals surface area contributed by atoms with E-state index in [9.17, 15) is 4.79 Å². The van der Waals surface area contributed by atoms with Crippen LogP contribution < -0.4 is 5.32 Å². The summed E-state index contributed by atoms with van der Waals surface area (Å²) in [5.41, 5.74) is 2.67. The molecule has 1 amide bonds. The van der Waals surface area contributed by atoms with Gasteiger partial charge in [0.2, 0.25) is 5.91 Å². The summed E-state index contributed by atoms with van der Waals surface area (Å²) in [5, 5.41) is 5.94. The zero-order valence-electron chi connectivity index (χ0n) is 15.5. The van der Waals surface area contributed by atoms with Gasteiger partial charge in [0, 0.05) is 17.8 Å². The highest BCUT2D eigenvalue weighted by Crippen LogP contribution is 2.21. The first-order valence-electron chi connectivity index (χ1n) is 9.03. The van der Waals surface area contributed by atoms with E-state index < -0.39 is 0 Å². The number of aromatic amines is 1. The molecule has 0 spiro atoms. The highest BCUT2D eigenvalue weighted by molar-refractivity contribution is 7.98. The van der Waals surface area contributed by atoms with Crippen LogP contribution >= 0.6 is 23.1 Å². The minimum Gasteiger partial charge on any atom is -0.346 e. The Labute approximate surface area is 171 Å². The molecule has 6 nitrogen and oxygen atoms in total. The lowest BCUT2D eigenvalue weighted by atomic mass is 10.2. The molecular weight excluding hydrogens is 390 g/mol. The highest BCUT2D eigenvalue weighted by Gasteiger charge is 2.19. The topological polar surface area (TPSA) is 75.6 Å². The van der Waals surface area contributed by atoms with Gasteiger partial charge in [-0.3, -0.25) is 4.79 Å². The molecule has 3 aromatic heterocycles. The van der Waals surface area contributed by atoms with Gasteiger partial charge >= 0.3 is 0 Å². The van der Waals surface area contributed by atoms with Gasteiger partial charge in [0.05, 0.1) is 29.2 Å². The maximum absolute atomic E-state index is 12.7. The van der Waals surface area contributed by atoms with Gasteiger partial charge in [0.15, 0.2) is 5.13 Å². The van der Waals surface area contributed by atoms with Crippen molar-refractivity contribution >= 4 is 40.0 Å². The van der Waals surface area contributed by atoms with Crippen molar-refractivity contribution < 1.29 is 4.79 Å². The minimum atomic E-state index is -0.144. The number of H-pyrrole nitrogens is 1. The Morgan fingerprint density at radius 1 is 1.25 bits per heavy atom. The Balaban J connectivity index is 1.46. The molecule has 28 heavy (non-hydrogen) atoms. The molecule has 144 valence electrons. The van der Waals surface area contributed by atoms with Crippen LogP contribution in [0.5, 0.6) is 0 Å². The van der Waals surface area contributed by atoms with Crippen molar-refractivity contribution in [3.05, 3.63) is 65.7 Å². The number of thioether (sulfide) groups is 1. The smallest absolute Gasteiger partial charge is 0.226 e. The van der Waals surface area contributed by atoms with Gasteiger partial charge in [-0.1, -0.05) is 12.1 Å². The Bertz CT molecular complexity index is 1020. The summed E-state index contributed by atoms with van der Waals surface area (Å²) in [4.78, 5) is 25.2. The summed E-state index contributed by atoms with van der Waals surface area (Å²) in [6.45, 7) is 0. The third kappa shape index (κ3) is 4.28. The number of nitrogens with zero attached hydrogens (tertiary/aromatic N) is 3. The maximum atomic E-state index is 12.7. The fourth-order valence-corrected chi connectivity index (χ4v) is 4.28. The number of carbonyl (C=O) groups is 1. The normalized spacial score (nSPS) is 12.3. The van der Waals surface area contributed by atoms with Gasteiger partial charge < -0.3 is 14.9 Å². The maximum Gasteiger partial charge on any atom is 0.226 e. The number of fused-ring (bicyclic) bond motifs is 1. The molecule has 4 rings (SSSR count). The molecule has 2 N–H and O–H groups in total. The van der Waals surface area contributed by atoms with Gasteiger partial charge in [-0.15, -0.1) is 11.3 Å². The molecule has 1 aromatic carbocycles. The zero-order chi connectivity index (χ0) is 19.3. The number of hydrogen-bond donors (Lipinski definition) is 2. The van der Waals surface area contributed by atoms with E-state index in [4.69, 9.17) is 0 Å². The second kappa shape index (κ2) is 8.62. The number of amides is 1. The molecule has 4 aromatic rings. The number of carbonyl (C=O) groups excluding carboxylic acids is 1. The van der Waals surface area contributed by atoms with E-state index in [2.05, 4.69) is 26.5 Å². The molecule has 8 heteroatoms. The van der Waals surface area contributed by atoms with Crippen molar-refractivity contribution in [1.29, 1.82) is 0 Å². The van der Waals surface area contributed by atoms with Crippen LogP contribution in [-0.4, -0.2) is 37.4 Å². The van der Waals surface area contributed by atoms with E-state index in [1.54, 1.807) is 11.8 Å². The molecule has 0 bridgehead atoms. The Morgan fingerprint density at radius 3 is 2.86 bits per heavy atom. The molecule has 0 aliphatic heterocycles. The SMILES string of the molecule is CSCC[C@@H](NC(=O)Cc1csc(-n2cccc2)n1)c1nc2ccccc2[nH]1. The van der Waals surface area contributed by atoms with Crippen LogP contribution in [0.2, 0.25) is 0 Å². The number of hydrogen-bond acceptors (Lipinski definition) is 5. The fraction of sp³-hybridized carbons (Fsp3) is 0.250. The summed E-state index contributed by atoms with van der Waals surface area (Å²) in [7, 11) is 0. The molecule has 1 atom stereocenters. The zero-order valence-corrected chi connectivity index (χ0v) is 17.1. The van der Waals surface area contributed by atoms with Crippen molar-refractivity contribution in [3.8, 4) is 5.13 Å². The molecule has 0 fully saturated rings. The molecule has 0 saturated heterocycles. The van der Waals surface area contributed by atoms with E-state index in [0.29, 0.717) is 0 Å². The summed E-state index contributed by atoms with van der Waals surface area (Å²) >= 11 is 3.29. The number of imidazole rings is 1. The predicted octanol–water partition coefficient (Wildman–Crippen LogP) is 3.96. The van der Waals surface area contributed by atoms with Crippen LogP contribution in [-0.2, 0) is 11.2 Å². The van der Waals surface area contributed by atoms with Crippen LogP contribution in [0.25, 0.3) is 16.2 Å². The Morgan fingerprint density at radius 2 is 2.07 bits per heavy atom. The molecular formula is C20H21N5OS2.